The molecule has 0 heterocycles. The van der Waals surface area contributed by atoms with Gasteiger partial charge in [-0.25, -0.2) is 5.43 Å². The van der Waals surface area contributed by atoms with Gasteiger partial charge in [0, 0.05) is 12.1 Å². The molecular formula is C12H30N4. The Balaban J connectivity index is 3.21. The second kappa shape index (κ2) is 8.93. The summed E-state index contributed by atoms with van der Waals surface area (Å²) in [5, 5.41) is 1.60. The molecule has 0 amide bonds. The van der Waals surface area contributed by atoms with Gasteiger partial charge in [0.25, 0.3) is 0 Å². The molecule has 0 aliphatic carbocycles. The Hall–Kier alpha value is -0.160. The van der Waals surface area contributed by atoms with Crippen LogP contribution >= 0.6 is 0 Å². The van der Waals surface area contributed by atoms with Crippen molar-refractivity contribution in [3.8, 4) is 0 Å². The molecule has 0 aliphatic rings. The molecular weight excluding hydrogens is 200 g/mol. The van der Waals surface area contributed by atoms with Gasteiger partial charge in [-0.15, -0.1) is 0 Å². The minimum absolute atomic E-state index is 0.0614. The lowest BCUT2D eigenvalue weighted by Crippen LogP contribution is -2.59. The molecule has 0 unspecified atom stereocenters. The van der Waals surface area contributed by atoms with E-state index in [1.165, 1.54) is 38.5 Å². The van der Waals surface area contributed by atoms with Gasteiger partial charge in [-0.2, -0.15) is 10.7 Å². The zero-order chi connectivity index (χ0) is 12.4. The van der Waals surface area contributed by atoms with Crippen molar-refractivity contribution in [1.29, 1.82) is 0 Å². The molecule has 4 N–H and O–H groups in total. The summed E-state index contributed by atoms with van der Waals surface area (Å²) >= 11 is 0. The molecule has 16 heavy (non-hydrogen) atoms. The monoisotopic (exact) mass is 230 g/mol. The third-order valence-electron chi connectivity index (χ3n) is 2.58. The van der Waals surface area contributed by atoms with Crippen LogP contribution in [0.15, 0.2) is 0 Å². The van der Waals surface area contributed by atoms with Crippen LogP contribution in [0.25, 0.3) is 0 Å². The molecule has 4 nitrogen and oxygen atoms in total. The molecule has 0 rings (SSSR count). The molecule has 0 aromatic carbocycles. The van der Waals surface area contributed by atoms with Crippen molar-refractivity contribution in [2.45, 2.75) is 71.8 Å². The summed E-state index contributed by atoms with van der Waals surface area (Å²) in [5.74, 6) is 5.79. The second-order valence-electron chi connectivity index (χ2n) is 5.35. The number of rotatable bonds is 9. The molecule has 0 atom stereocenters. The van der Waals surface area contributed by atoms with E-state index in [9.17, 15) is 0 Å². The fourth-order valence-electron chi connectivity index (χ4n) is 1.30. The van der Waals surface area contributed by atoms with Crippen LogP contribution in [-0.4, -0.2) is 17.2 Å². The molecule has 0 aliphatic heterocycles. The Morgan fingerprint density at radius 2 is 1.56 bits per heavy atom. The summed E-state index contributed by atoms with van der Waals surface area (Å²) < 4.78 is 0. The Morgan fingerprint density at radius 3 is 2.12 bits per heavy atom. The van der Waals surface area contributed by atoms with Gasteiger partial charge < -0.3 is 0 Å². The van der Waals surface area contributed by atoms with Crippen LogP contribution in [0.4, 0.5) is 0 Å². The number of unbranched alkanes of at least 4 members (excludes halogenated alkanes) is 5. The third-order valence-corrected chi connectivity index (χ3v) is 2.58. The van der Waals surface area contributed by atoms with Crippen LogP contribution in [-0.2, 0) is 0 Å². The van der Waals surface area contributed by atoms with Crippen LogP contribution in [0.3, 0.4) is 0 Å². The van der Waals surface area contributed by atoms with Gasteiger partial charge in [0.05, 0.1) is 0 Å². The molecule has 0 aromatic rings. The minimum Gasteiger partial charge on any atom is -0.253 e. The highest BCUT2D eigenvalue weighted by Crippen LogP contribution is 2.05. The molecule has 0 radical (unpaired) electrons. The molecule has 4 heteroatoms. The van der Waals surface area contributed by atoms with Gasteiger partial charge in [-0.05, 0) is 27.2 Å². The number of nitrogens with one attached hydrogen (secondary N) is 2. The van der Waals surface area contributed by atoms with Crippen molar-refractivity contribution in [2.24, 2.45) is 5.84 Å². The van der Waals surface area contributed by atoms with Crippen LogP contribution in [0.2, 0.25) is 0 Å². The number of nitrogens with two attached hydrogens (primary N) is 1. The highest BCUT2D eigenvalue weighted by Gasteiger charge is 2.16. The quantitative estimate of drug-likeness (QED) is 0.323. The summed E-state index contributed by atoms with van der Waals surface area (Å²) in [4.78, 5) is 0. The average Bonchev–Trinajstić information content (AvgIpc) is 2.20. The molecule has 0 saturated heterocycles. The van der Waals surface area contributed by atoms with Gasteiger partial charge in [0.15, 0.2) is 0 Å². The highest BCUT2D eigenvalue weighted by atomic mass is 15.8. The number of nitrogens with zero attached hydrogens (tertiary/aromatic N) is 1. The number of hydrazine groups is 3. The lowest BCUT2D eigenvalue weighted by atomic mass is 10.1. The van der Waals surface area contributed by atoms with Gasteiger partial charge in [-0.3, -0.25) is 5.84 Å². The highest BCUT2D eigenvalue weighted by molar-refractivity contribution is 4.66. The van der Waals surface area contributed by atoms with E-state index < -0.39 is 0 Å². The summed E-state index contributed by atoms with van der Waals surface area (Å²) in [7, 11) is 0. The molecule has 0 fully saturated rings. The molecule has 0 aromatic heterocycles. The smallest absolute Gasteiger partial charge is 0.0436 e. The topological polar surface area (TPSA) is 53.3 Å². The first-order chi connectivity index (χ1) is 7.48. The van der Waals surface area contributed by atoms with E-state index in [1.54, 1.807) is 5.12 Å². The molecule has 0 saturated carbocycles. The summed E-state index contributed by atoms with van der Waals surface area (Å²) in [6.45, 7) is 9.40. The first-order valence-corrected chi connectivity index (χ1v) is 6.52. The van der Waals surface area contributed by atoms with Crippen molar-refractivity contribution < 1.29 is 0 Å². The largest absolute Gasteiger partial charge is 0.253 e. The van der Waals surface area contributed by atoms with Crippen molar-refractivity contribution in [2.75, 3.05) is 6.54 Å². The number of hydrogen-bond donors (Lipinski definition) is 3. The van der Waals surface area contributed by atoms with E-state index in [0.29, 0.717) is 0 Å². The fourth-order valence-corrected chi connectivity index (χ4v) is 1.30. The predicted molar refractivity (Wildman–Crippen MR) is 70.3 cm³/mol. The maximum atomic E-state index is 5.79. The van der Waals surface area contributed by atoms with E-state index in [0.717, 1.165) is 6.54 Å². The van der Waals surface area contributed by atoms with E-state index in [4.69, 9.17) is 5.84 Å². The maximum Gasteiger partial charge on any atom is 0.0436 e. The van der Waals surface area contributed by atoms with Crippen LogP contribution in [0, 0.1) is 0 Å². The lowest BCUT2D eigenvalue weighted by Gasteiger charge is -2.31. The van der Waals surface area contributed by atoms with E-state index >= 15 is 0 Å². The van der Waals surface area contributed by atoms with Crippen molar-refractivity contribution >= 4 is 0 Å². The van der Waals surface area contributed by atoms with Gasteiger partial charge in [-0.1, -0.05) is 39.0 Å². The average molecular weight is 230 g/mol. The molecule has 0 spiro atoms. The Bertz CT molecular complexity index is 154. The first kappa shape index (κ1) is 15.8. The van der Waals surface area contributed by atoms with Gasteiger partial charge >= 0.3 is 0 Å². The Labute approximate surface area is 101 Å². The minimum atomic E-state index is -0.0614. The molecule has 0 bridgehead atoms. The second-order valence-corrected chi connectivity index (χ2v) is 5.35. The Morgan fingerprint density at radius 1 is 1.00 bits per heavy atom. The number of hydrogen-bond acceptors (Lipinski definition) is 4. The maximum absolute atomic E-state index is 5.79. The van der Waals surface area contributed by atoms with Crippen LogP contribution in [0.5, 0.6) is 0 Å². The van der Waals surface area contributed by atoms with E-state index in [1.807, 2.05) is 0 Å². The standard InChI is InChI=1S/C12H30N4/c1-5-6-7-8-9-10-11-14-15-16(13)12(2,3)4/h14-15H,5-11,13H2,1-4H3. The normalized spacial score (nSPS) is 12.4. The van der Waals surface area contributed by atoms with Crippen molar-refractivity contribution in [3.63, 3.8) is 0 Å². The van der Waals surface area contributed by atoms with Gasteiger partial charge in [0.1, 0.15) is 0 Å². The third kappa shape index (κ3) is 9.09. The summed E-state index contributed by atoms with van der Waals surface area (Å²) in [6.07, 6.45) is 7.90. The van der Waals surface area contributed by atoms with E-state index in [2.05, 4.69) is 38.7 Å². The zero-order valence-electron chi connectivity index (χ0n) is 11.5. The SMILES string of the molecule is CCCCCCCCNNN(N)C(C)(C)C. The van der Waals surface area contributed by atoms with Crippen LogP contribution < -0.4 is 16.8 Å². The van der Waals surface area contributed by atoms with E-state index in [-0.39, 0.29) is 5.54 Å². The first-order valence-electron chi connectivity index (χ1n) is 6.52. The Kier molecular flexibility index (Phi) is 8.84. The zero-order valence-corrected chi connectivity index (χ0v) is 11.5. The van der Waals surface area contributed by atoms with Crippen molar-refractivity contribution in [3.05, 3.63) is 0 Å². The summed E-state index contributed by atoms with van der Waals surface area (Å²) in [6, 6.07) is 0. The van der Waals surface area contributed by atoms with Crippen LogP contribution in [0.1, 0.15) is 66.2 Å². The predicted octanol–water partition coefficient (Wildman–Crippen LogP) is 2.33. The molecule has 98 valence electrons. The summed E-state index contributed by atoms with van der Waals surface area (Å²) in [5.41, 5.74) is 6.06. The lowest BCUT2D eigenvalue weighted by molar-refractivity contribution is 0.0489. The fraction of sp³-hybridized carbons (Fsp3) is 1.00. The van der Waals surface area contributed by atoms with Gasteiger partial charge in [0.2, 0.25) is 0 Å². The van der Waals surface area contributed by atoms with Crippen molar-refractivity contribution in [1.82, 2.24) is 16.1 Å².